The van der Waals surface area contributed by atoms with Gasteiger partial charge in [0.15, 0.2) is 0 Å². The number of nitrogens with zero attached hydrogens (tertiary/aromatic N) is 3. The summed E-state index contributed by atoms with van der Waals surface area (Å²) in [7, 11) is 4.00. The molecule has 0 amide bonds. The molecular formula is C21H28F3N5O2. The molecule has 0 aliphatic carbocycles. The van der Waals surface area contributed by atoms with Gasteiger partial charge in [-0.25, -0.2) is 4.98 Å². The van der Waals surface area contributed by atoms with Crippen LogP contribution in [-0.4, -0.2) is 67.7 Å². The molecule has 1 aromatic heterocycles. The van der Waals surface area contributed by atoms with E-state index in [4.69, 9.17) is 4.74 Å². The smallest absolute Gasteiger partial charge is 0.406 e. The third kappa shape index (κ3) is 7.87. The maximum atomic E-state index is 12.6. The number of aromatic nitrogens is 2. The van der Waals surface area contributed by atoms with Gasteiger partial charge >= 0.3 is 6.36 Å². The lowest BCUT2D eigenvalue weighted by atomic mass is 10.1. The lowest BCUT2D eigenvalue weighted by molar-refractivity contribution is -0.274. The van der Waals surface area contributed by atoms with Crippen LogP contribution in [0.5, 0.6) is 5.75 Å². The van der Waals surface area contributed by atoms with E-state index in [1.165, 1.54) is 18.2 Å². The van der Waals surface area contributed by atoms with Gasteiger partial charge in [-0.15, -0.1) is 13.2 Å². The molecule has 3 rings (SSSR count). The SMILES string of the molecule is CN(C)CCCNc1nc(NC[C@H]2CCCO2)cc(-c2cccc(OC(F)(F)F)c2)n1. The Labute approximate surface area is 180 Å². The predicted octanol–water partition coefficient (Wildman–Crippen LogP) is 4.00. The number of benzene rings is 1. The number of rotatable bonds is 10. The van der Waals surface area contributed by atoms with Crippen LogP contribution in [-0.2, 0) is 4.74 Å². The third-order valence-corrected chi connectivity index (χ3v) is 4.69. The average molecular weight is 439 g/mol. The van der Waals surface area contributed by atoms with Crippen LogP contribution in [0.3, 0.4) is 0 Å². The quantitative estimate of drug-likeness (QED) is 0.542. The first-order valence-electron chi connectivity index (χ1n) is 10.3. The Balaban J connectivity index is 1.78. The van der Waals surface area contributed by atoms with Gasteiger partial charge in [-0.3, -0.25) is 0 Å². The molecule has 1 saturated heterocycles. The van der Waals surface area contributed by atoms with Crippen molar-refractivity contribution in [1.82, 2.24) is 14.9 Å². The molecular weight excluding hydrogens is 411 g/mol. The Morgan fingerprint density at radius 2 is 2.03 bits per heavy atom. The van der Waals surface area contributed by atoms with E-state index in [2.05, 4.69) is 30.2 Å². The summed E-state index contributed by atoms with van der Waals surface area (Å²) >= 11 is 0. The molecule has 10 heteroatoms. The van der Waals surface area contributed by atoms with Gasteiger partial charge in [0.05, 0.1) is 11.8 Å². The second kappa shape index (κ2) is 10.6. The molecule has 0 spiro atoms. The van der Waals surface area contributed by atoms with Gasteiger partial charge in [-0.05, 0) is 52.0 Å². The zero-order valence-electron chi connectivity index (χ0n) is 17.7. The highest BCUT2D eigenvalue weighted by Gasteiger charge is 2.31. The zero-order valence-corrected chi connectivity index (χ0v) is 17.7. The lowest BCUT2D eigenvalue weighted by Crippen LogP contribution is -2.20. The molecule has 2 heterocycles. The molecule has 31 heavy (non-hydrogen) atoms. The minimum atomic E-state index is -4.75. The number of anilines is 2. The fourth-order valence-electron chi connectivity index (χ4n) is 3.24. The number of hydrogen-bond donors (Lipinski definition) is 2. The second-order valence-corrected chi connectivity index (χ2v) is 7.64. The van der Waals surface area contributed by atoms with E-state index >= 15 is 0 Å². The van der Waals surface area contributed by atoms with Gasteiger partial charge in [0.2, 0.25) is 5.95 Å². The number of halogens is 3. The molecule has 0 bridgehead atoms. The number of hydrogen-bond acceptors (Lipinski definition) is 7. The number of ether oxygens (including phenoxy) is 2. The molecule has 1 aliphatic heterocycles. The molecule has 170 valence electrons. The fourth-order valence-corrected chi connectivity index (χ4v) is 3.24. The van der Waals surface area contributed by atoms with Crippen LogP contribution in [0.15, 0.2) is 30.3 Å². The summed E-state index contributed by atoms with van der Waals surface area (Å²) in [4.78, 5) is 11.1. The molecule has 1 atom stereocenters. The highest BCUT2D eigenvalue weighted by Crippen LogP contribution is 2.28. The highest BCUT2D eigenvalue weighted by molar-refractivity contribution is 5.66. The standard InChI is InChI=1S/C21H28F3N5O2/c1-29(2)10-5-9-25-20-27-18(13-19(28-20)26-14-17-8-4-11-30-17)15-6-3-7-16(12-15)31-21(22,23)24/h3,6-7,12-13,17H,4-5,8-11,14H2,1-2H3,(H2,25,26,27,28)/t17-/m1/s1. The molecule has 0 saturated carbocycles. The topological polar surface area (TPSA) is 71.5 Å². The van der Waals surface area contributed by atoms with Crippen molar-refractivity contribution in [3.05, 3.63) is 30.3 Å². The minimum Gasteiger partial charge on any atom is -0.406 e. The first-order valence-corrected chi connectivity index (χ1v) is 10.3. The van der Waals surface area contributed by atoms with E-state index in [1.807, 2.05) is 14.1 Å². The summed E-state index contributed by atoms with van der Waals surface area (Å²) in [5, 5.41) is 6.46. The van der Waals surface area contributed by atoms with Crippen molar-refractivity contribution in [3.8, 4) is 17.0 Å². The third-order valence-electron chi connectivity index (χ3n) is 4.69. The number of alkyl halides is 3. The van der Waals surface area contributed by atoms with Crippen LogP contribution in [0.25, 0.3) is 11.3 Å². The van der Waals surface area contributed by atoms with E-state index in [0.717, 1.165) is 32.4 Å². The maximum absolute atomic E-state index is 12.6. The highest BCUT2D eigenvalue weighted by atomic mass is 19.4. The van der Waals surface area contributed by atoms with Crippen LogP contribution >= 0.6 is 0 Å². The van der Waals surface area contributed by atoms with Crippen molar-refractivity contribution < 1.29 is 22.6 Å². The van der Waals surface area contributed by atoms with Crippen molar-refractivity contribution in [2.45, 2.75) is 31.7 Å². The van der Waals surface area contributed by atoms with Gasteiger partial charge in [0.25, 0.3) is 0 Å². The molecule has 0 radical (unpaired) electrons. The molecule has 1 aromatic carbocycles. The van der Waals surface area contributed by atoms with E-state index in [-0.39, 0.29) is 11.9 Å². The molecule has 1 fully saturated rings. The van der Waals surface area contributed by atoms with Crippen molar-refractivity contribution in [2.24, 2.45) is 0 Å². The summed E-state index contributed by atoms with van der Waals surface area (Å²) in [6.07, 6.45) is -1.71. The molecule has 1 aliphatic rings. The second-order valence-electron chi connectivity index (χ2n) is 7.64. The van der Waals surface area contributed by atoms with Gasteiger partial charge in [-0.1, -0.05) is 12.1 Å². The van der Waals surface area contributed by atoms with E-state index in [1.54, 1.807) is 12.1 Å². The lowest BCUT2D eigenvalue weighted by Gasteiger charge is -2.15. The Morgan fingerprint density at radius 3 is 2.74 bits per heavy atom. The van der Waals surface area contributed by atoms with Crippen LogP contribution in [0.1, 0.15) is 19.3 Å². The summed E-state index contributed by atoms with van der Waals surface area (Å²) in [6.45, 7) is 2.94. The monoisotopic (exact) mass is 439 g/mol. The van der Waals surface area contributed by atoms with Crippen molar-refractivity contribution >= 4 is 11.8 Å². The van der Waals surface area contributed by atoms with Gasteiger partial charge in [0, 0.05) is 31.3 Å². The van der Waals surface area contributed by atoms with E-state index in [0.29, 0.717) is 36.1 Å². The first-order chi connectivity index (χ1) is 14.8. The number of nitrogens with one attached hydrogen (secondary N) is 2. The summed E-state index contributed by atoms with van der Waals surface area (Å²) in [5.74, 6) is 0.698. The predicted molar refractivity (Wildman–Crippen MR) is 113 cm³/mol. The fraction of sp³-hybridized carbons (Fsp3) is 0.524. The van der Waals surface area contributed by atoms with Gasteiger partial charge < -0.3 is 25.0 Å². The maximum Gasteiger partial charge on any atom is 0.573 e. The molecule has 2 N–H and O–H groups in total. The Morgan fingerprint density at radius 1 is 1.19 bits per heavy atom. The van der Waals surface area contributed by atoms with Gasteiger partial charge in [-0.2, -0.15) is 4.98 Å². The Hall–Kier alpha value is -2.59. The van der Waals surface area contributed by atoms with Crippen LogP contribution in [0.2, 0.25) is 0 Å². The van der Waals surface area contributed by atoms with E-state index < -0.39 is 6.36 Å². The van der Waals surface area contributed by atoms with Gasteiger partial charge in [0.1, 0.15) is 11.6 Å². The van der Waals surface area contributed by atoms with Crippen LogP contribution in [0, 0.1) is 0 Å². The molecule has 2 aromatic rings. The van der Waals surface area contributed by atoms with Crippen molar-refractivity contribution in [2.75, 3.05) is 51.0 Å². The van der Waals surface area contributed by atoms with Crippen molar-refractivity contribution in [3.63, 3.8) is 0 Å². The van der Waals surface area contributed by atoms with Crippen molar-refractivity contribution in [1.29, 1.82) is 0 Å². The van der Waals surface area contributed by atoms with E-state index in [9.17, 15) is 13.2 Å². The Kier molecular flexibility index (Phi) is 7.91. The minimum absolute atomic E-state index is 0.124. The zero-order chi connectivity index (χ0) is 22.3. The summed E-state index contributed by atoms with van der Waals surface area (Å²) < 4.78 is 47.5. The first kappa shape index (κ1) is 23.1. The summed E-state index contributed by atoms with van der Waals surface area (Å²) in [5.41, 5.74) is 0.994. The van der Waals surface area contributed by atoms with Crippen LogP contribution < -0.4 is 15.4 Å². The largest absolute Gasteiger partial charge is 0.573 e. The molecule has 7 nitrogen and oxygen atoms in total. The average Bonchev–Trinajstić information content (AvgIpc) is 3.22. The normalized spacial score (nSPS) is 16.5. The summed E-state index contributed by atoms with van der Waals surface area (Å²) in [6, 6.07) is 7.48. The Bertz CT molecular complexity index is 842. The molecule has 0 unspecified atom stereocenters. The van der Waals surface area contributed by atoms with Crippen LogP contribution in [0.4, 0.5) is 24.9 Å².